The molecule has 15 heavy (non-hydrogen) atoms. The summed E-state index contributed by atoms with van der Waals surface area (Å²) in [4.78, 5) is 11.3. The van der Waals surface area contributed by atoms with Gasteiger partial charge >= 0.3 is 5.97 Å². The maximum atomic E-state index is 11.3. The third-order valence-corrected chi connectivity index (χ3v) is 3.81. The Balaban J connectivity index is 2.69. The molecule has 1 aliphatic rings. The predicted molar refractivity (Wildman–Crippen MR) is 70.7 cm³/mol. The first-order valence-electron chi connectivity index (χ1n) is 5.18. The van der Waals surface area contributed by atoms with Gasteiger partial charge in [0.2, 0.25) is 0 Å². The van der Waals surface area contributed by atoms with E-state index in [0.29, 0.717) is 5.88 Å². The zero-order valence-corrected chi connectivity index (χ0v) is 11.8. The van der Waals surface area contributed by atoms with Gasteiger partial charge in [-0.25, -0.2) is 4.79 Å². The molecular weight excluding hydrogens is 326 g/mol. The molecule has 2 nitrogen and oxygen atoms in total. The highest BCUT2D eigenvalue weighted by Gasteiger charge is 2.39. The Morgan fingerprint density at radius 3 is 2.60 bits per heavy atom. The fraction of sp³-hybridized carbons (Fsp3) is 0.727. The van der Waals surface area contributed by atoms with Crippen molar-refractivity contribution in [2.45, 2.75) is 38.2 Å². The standard InChI is InChI=1S/C11H16ClIO2/c1-9-8-10(14)15-11(9,4-2-6-12)5-3-7-13/h8H,2-7H2,1H3. The number of esters is 1. The molecule has 0 saturated carbocycles. The van der Waals surface area contributed by atoms with E-state index in [9.17, 15) is 4.79 Å². The summed E-state index contributed by atoms with van der Waals surface area (Å²) in [6.07, 6.45) is 5.34. The average Bonchev–Trinajstić information content (AvgIpc) is 2.48. The highest BCUT2D eigenvalue weighted by atomic mass is 127. The topological polar surface area (TPSA) is 26.3 Å². The number of carbonyl (C=O) groups excluding carboxylic acids is 1. The molecule has 1 aliphatic heterocycles. The summed E-state index contributed by atoms with van der Waals surface area (Å²) >= 11 is 8.04. The van der Waals surface area contributed by atoms with Crippen molar-refractivity contribution in [3.63, 3.8) is 0 Å². The lowest BCUT2D eigenvalue weighted by atomic mass is 9.87. The Hall–Kier alpha value is 0.230. The quantitative estimate of drug-likeness (QED) is 0.420. The maximum Gasteiger partial charge on any atom is 0.331 e. The van der Waals surface area contributed by atoms with E-state index in [1.54, 1.807) is 6.08 Å². The minimum atomic E-state index is -0.350. The summed E-state index contributed by atoms with van der Waals surface area (Å²) in [7, 11) is 0. The number of cyclic esters (lactones) is 1. The van der Waals surface area contributed by atoms with Crippen LogP contribution < -0.4 is 0 Å². The summed E-state index contributed by atoms with van der Waals surface area (Å²) < 4.78 is 6.56. The molecule has 0 saturated heterocycles. The third-order valence-electron chi connectivity index (χ3n) is 2.78. The van der Waals surface area contributed by atoms with E-state index in [2.05, 4.69) is 22.6 Å². The van der Waals surface area contributed by atoms with Crippen LogP contribution in [0.25, 0.3) is 0 Å². The zero-order valence-electron chi connectivity index (χ0n) is 8.89. The molecule has 1 heterocycles. The minimum Gasteiger partial charge on any atom is -0.451 e. The molecule has 0 spiro atoms. The van der Waals surface area contributed by atoms with Gasteiger partial charge in [0, 0.05) is 12.0 Å². The molecule has 86 valence electrons. The Morgan fingerprint density at radius 2 is 2.13 bits per heavy atom. The fourth-order valence-electron chi connectivity index (χ4n) is 1.94. The second-order valence-corrected chi connectivity index (χ2v) is 5.28. The van der Waals surface area contributed by atoms with Gasteiger partial charge in [0.05, 0.1) is 0 Å². The molecule has 0 aromatic rings. The van der Waals surface area contributed by atoms with E-state index in [0.717, 1.165) is 35.7 Å². The average molecular weight is 343 g/mol. The van der Waals surface area contributed by atoms with Crippen molar-refractivity contribution in [2.75, 3.05) is 10.3 Å². The summed E-state index contributed by atoms with van der Waals surface area (Å²) in [6.45, 7) is 1.98. The van der Waals surface area contributed by atoms with Gasteiger partial charge in [0.25, 0.3) is 0 Å². The van der Waals surface area contributed by atoms with Crippen LogP contribution in [-0.2, 0) is 9.53 Å². The van der Waals surface area contributed by atoms with Crippen LogP contribution in [0.4, 0.5) is 0 Å². The predicted octanol–water partition coefficient (Wildman–Crippen LogP) is 3.46. The molecule has 0 aromatic heterocycles. The van der Waals surface area contributed by atoms with Crippen molar-refractivity contribution < 1.29 is 9.53 Å². The SMILES string of the molecule is CC1=CC(=O)OC1(CCCCl)CCCI. The van der Waals surface area contributed by atoms with E-state index in [1.165, 1.54) is 0 Å². The van der Waals surface area contributed by atoms with E-state index >= 15 is 0 Å². The number of hydrogen-bond donors (Lipinski definition) is 0. The monoisotopic (exact) mass is 342 g/mol. The molecule has 0 aliphatic carbocycles. The molecule has 0 fully saturated rings. The lowest BCUT2D eigenvalue weighted by molar-refractivity contribution is -0.147. The van der Waals surface area contributed by atoms with Crippen LogP contribution in [0.3, 0.4) is 0 Å². The maximum absolute atomic E-state index is 11.3. The van der Waals surface area contributed by atoms with E-state index in [-0.39, 0.29) is 11.6 Å². The van der Waals surface area contributed by atoms with Gasteiger partial charge < -0.3 is 4.74 Å². The first-order chi connectivity index (χ1) is 7.14. The van der Waals surface area contributed by atoms with Gasteiger partial charge in [-0.3, -0.25) is 0 Å². The number of ether oxygens (including phenoxy) is 1. The van der Waals surface area contributed by atoms with Crippen molar-refractivity contribution >= 4 is 40.2 Å². The Bertz CT molecular complexity index is 255. The number of alkyl halides is 2. The molecule has 4 heteroatoms. The van der Waals surface area contributed by atoms with Gasteiger partial charge in [-0.1, -0.05) is 22.6 Å². The van der Waals surface area contributed by atoms with Gasteiger partial charge in [-0.15, -0.1) is 11.6 Å². The van der Waals surface area contributed by atoms with Gasteiger partial charge in [-0.2, -0.15) is 0 Å². The molecule has 0 amide bonds. The first kappa shape index (κ1) is 13.3. The van der Waals surface area contributed by atoms with Crippen molar-refractivity contribution in [1.82, 2.24) is 0 Å². The van der Waals surface area contributed by atoms with Crippen molar-refractivity contribution in [1.29, 1.82) is 0 Å². The van der Waals surface area contributed by atoms with Crippen LogP contribution >= 0.6 is 34.2 Å². The summed E-state index contributed by atoms with van der Waals surface area (Å²) in [5.41, 5.74) is 0.708. The summed E-state index contributed by atoms with van der Waals surface area (Å²) in [5.74, 6) is 0.423. The molecule has 1 rings (SSSR count). The Labute approximate surface area is 110 Å². The van der Waals surface area contributed by atoms with Crippen molar-refractivity contribution in [3.8, 4) is 0 Å². The Kier molecular flexibility index (Phi) is 5.39. The molecule has 0 N–H and O–H groups in total. The molecule has 0 aromatic carbocycles. The van der Waals surface area contributed by atoms with Crippen LogP contribution in [-0.4, -0.2) is 21.9 Å². The Morgan fingerprint density at radius 1 is 1.47 bits per heavy atom. The van der Waals surface area contributed by atoms with Crippen LogP contribution in [0.15, 0.2) is 11.6 Å². The van der Waals surface area contributed by atoms with E-state index in [1.807, 2.05) is 6.92 Å². The first-order valence-corrected chi connectivity index (χ1v) is 7.24. The molecule has 0 radical (unpaired) electrons. The largest absolute Gasteiger partial charge is 0.451 e. The fourth-order valence-corrected chi connectivity index (χ4v) is 2.45. The summed E-state index contributed by atoms with van der Waals surface area (Å²) in [6, 6.07) is 0. The van der Waals surface area contributed by atoms with Crippen molar-refractivity contribution in [3.05, 3.63) is 11.6 Å². The third kappa shape index (κ3) is 3.34. The number of hydrogen-bond acceptors (Lipinski definition) is 2. The number of carbonyl (C=O) groups is 1. The number of rotatable bonds is 6. The summed E-state index contributed by atoms with van der Waals surface area (Å²) in [5, 5.41) is 0. The molecule has 1 atom stereocenters. The van der Waals surface area contributed by atoms with Crippen LogP contribution in [0.2, 0.25) is 0 Å². The van der Waals surface area contributed by atoms with Crippen LogP contribution in [0, 0.1) is 0 Å². The minimum absolute atomic E-state index is 0.199. The number of halogens is 2. The second kappa shape index (κ2) is 6.09. The zero-order chi connectivity index (χ0) is 11.3. The molecular formula is C11H16ClIO2. The highest BCUT2D eigenvalue weighted by Crippen LogP contribution is 2.36. The normalized spacial score (nSPS) is 25.3. The van der Waals surface area contributed by atoms with Gasteiger partial charge in [0.15, 0.2) is 0 Å². The van der Waals surface area contributed by atoms with Crippen molar-refractivity contribution in [2.24, 2.45) is 0 Å². The molecule has 0 bridgehead atoms. The van der Waals surface area contributed by atoms with E-state index in [4.69, 9.17) is 16.3 Å². The van der Waals surface area contributed by atoms with Gasteiger partial charge in [-0.05, 0) is 42.6 Å². The van der Waals surface area contributed by atoms with Crippen LogP contribution in [0.1, 0.15) is 32.6 Å². The highest BCUT2D eigenvalue weighted by molar-refractivity contribution is 14.1. The second-order valence-electron chi connectivity index (χ2n) is 3.83. The van der Waals surface area contributed by atoms with Gasteiger partial charge in [0.1, 0.15) is 5.60 Å². The van der Waals surface area contributed by atoms with Crippen LogP contribution in [0.5, 0.6) is 0 Å². The lowest BCUT2D eigenvalue weighted by Gasteiger charge is -2.29. The lowest BCUT2D eigenvalue weighted by Crippen LogP contribution is -2.31. The molecule has 1 unspecified atom stereocenters. The smallest absolute Gasteiger partial charge is 0.331 e. The van der Waals surface area contributed by atoms with E-state index < -0.39 is 0 Å².